The van der Waals surface area contributed by atoms with E-state index in [1.807, 2.05) is 37.3 Å². The minimum atomic E-state index is -0.687. The Balaban J connectivity index is 1.43. The molecule has 0 bridgehead atoms. The first-order valence-electron chi connectivity index (χ1n) is 10.1. The van der Waals surface area contributed by atoms with Crippen LogP contribution in [-0.2, 0) is 19.1 Å². The molecule has 4 amide bonds. The summed E-state index contributed by atoms with van der Waals surface area (Å²) < 4.78 is 5.03. The van der Waals surface area contributed by atoms with Crippen LogP contribution in [-0.4, -0.2) is 47.9 Å². The van der Waals surface area contributed by atoms with E-state index in [-0.39, 0.29) is 31.0 Å². The molecule has 0 radical (unpaired) electrons. The third-order valence-electron chi connectivity index (χ3n) is 5.53. The first kappa shape index (κ1) is 20.8. The molecule has 1 heterocycles. The van der Waals surface area contributed by atoms with Crippen molar-refractivity contribution in [1.29, 1.82) is 0 Å². The molecule has 1 aliphatic carbocycles. The van der Waals surface area contributed by atoms with Crippen LogP contribution >= 0.6 is 0 Å². The average Bonchev–Trinajstić information content (AvgIpc) is 3.35. The van der Waals surface area contributed by atoms with Crippen LogP contribution in [0, 0.1) is 5.92 Å². The van der Waals surface area contributed by atoms with Crippen LogP contribution in [0.1, 0.15) is 50.6 Å². The molecular weight excluding hydrogens is 374 g/mol. The fraction of sp³-hybridized carbons (Fsp3) is 0.524. The second-order valence-electron chi connectivity index (χ2n) is 7.64. The Morgan fingerprint density at radius 2 is 1.86 bits per heavy atom. The van der Waals surface area contributed by atoms with E-state index in [9.17, 15) is 19.2 Å². The highest BCUT2D eigenvalue weighted by molar-refractivity contribution is 5.96. The van der Waals surface area contributed by atoms with Crippen molar-refractivity contribution < 1.29 is 23.9 Å². The topological polar surface area (TPSA) is 105 Å². The molecule has 3 rings (SSSR count). The summed E-state index contributed by atoms with van der Waals surface area (Å²) in [5.74, 6) is -2.03. The van der Waals surface area contributed by atoms with Gasteiger partial charge < -0.3 is 15.0 Å². The van der Waals surface area contributed by atoms with Crippen LogP contribution in [0.2, 0.25) is 0 Å². The number of likely N-dealkylation sites (tertiary alicyclic amines) is 1. The highest BCUT2D eigenvalue weighted by Gasteiger charge is 2.38. The summed E-state index contributed by atoms with van der Waals surface area (Å²) in [6.07, 6.45) is 4.00. The van der Waals surface area contributed by atoms with Crippen molar-refractivity contribution in [3.05, 3.63) is 35.9 Å². The maximum atomic E-state index is 12.3. The molecule has 1 saturated heterocycles. The number of hydrogen-bond acceptors (Lipinski definition) is 5. The van der Waals surface area contributed by atoms with Gasteiger partial charge in [-0.3, -0.25) is 19.7 Å². The molecule has 0 spiro atoms. The maximum absolute atomic E-state index is 12.3. The summed E-state index contributed by atoms with van der Waals surface area (Å²) in [5, 5.41) is 4.90. The second kappa shape index (κ2) is 9.54. The molecule has 156 valence electrons. The molecule has 2 aliphatic rings. The number of amides is 4. The van der Waals surface area contributed by atoms with Gasteiger partial charge in [0.25, 0.3) is 5.91 Å². The van der Waals surface area contributed by atoms with Gasteiger partial charge in [-0.25, -0.2) is 4.79 Å². The molecule has 1 aliphatic heterocycles. The zero-order valence-electron chi connectivity index (χ0n) is 16.6. The summed E-state index contributed by atoms with van der Waals surface area (Å²) in [6.45, 7) is 1.62. The lowest BCUT2D eigenvalue weighted by atomic mass is 10.1. The molecule has 1 saturated carbocycles. The van der Waals surface area contributed by atoms with Gasteiger partial charge in [0.2, 0.25) is 5.91 Å². The summed E-state index contributed by atoms with van der Waals surface area (Å²) >= 11 is 0. The van der Waals surface area contributed by atoms with E-state index in [1.54, 1.807) is 4.90 Å². The van der Waals surface area contributed by atoms with Gasteiger partial charge in [0.1, 0.15) is 0 Å². The van der Waals surface area contributed by atoms with Crippen molar-refractivity contribution in [1.82, 2.24) is 15.5 Å². The number of benzene rings is 1. The van der Waals surface area contributed by atoms with Gasteiger partial charge in [0.15, 0.2) is 6.61 Å². The van der Waals surface area contributed by atoms with Crippen LogP contribution in [0.25, 0.3) is 0 Å². The number of imide groups is 1. The summed E-state index contributed by atoms with van der Waals surface area (Å²) in [7, 11) is 0. The molecular formula is C21H27N3O5. The van der Waals surface area contributed by atoms with Crippen LogP contribution < -0.4 is 10.6 Å². The fourth-order valence-corrected chi connectivity index (χ4v) is 3.88. The Bertz CT molecular complexity index is 761. The zero-order chi connectivity index (χ0) is 20.8. The predicted octanol–water partition coefficient (Wildman–Crippen LogP) is 1.91. The Morgan fingerprint density at radius 3 is 2.55 bits per heavy atom. The SMILES string of the molecule is C[C@@H](c1ccccc1)N1C[C@@H](C(=O)OCC(=O)NC(=O)NC2CCCC2)CC1=O. The van der Waals surface area contributed by atoms with E-state index < -0.39 is 30.4 Å². The molecule has 1 aromatic carbocycles. The lowest BCUT2D eigenvalue weighted by Gasteiger charge is -2.25. The lowest BCUT2D eigenvalue weighted by Crippen LogP contribution is -2.45. The molecule has 8 heteroatoms. The zero-order valence-corrected chi connectivity index (χ0v) is 16.6. The molecule has 2 atom stereocenters. The van der Waals surface area contributed by atoms with Crippen LogP contribution in [0.15, 0.2) is 30.3 Å². The number of carbonyl (C=O) groups excluding carboxylic acids is 4. The number of esters is 1. The molecule has 8 nitrogen and oxygen atoms in total. The molecule has 0 unspecified atom stereocenters. The van der Waals surface area contributed by atoms with Gasteiger partial charge in [0.05, 0.1) is 12.0 Å². The molecule has 1 aromatic rings. The Kier molecular flexibility index (Phi) is 6.85. The smallest absolute Gasteiger partial charge is 0.321 e. The highest BCUT2D eigenvalue weighted by Crippen LogP contribution is 2.28. The largest absolute Gasteiger partial charge is 0.455 e. The van der Waals surface area contributed by atoms with Crippen molar-refractivity contribution in [2.24, 2.45) is 5.92 Å². The van der Waals surface area contributed by atoms with E-state index in [4.69, 9.17) is 4.74 Å². The van der Waals surface area contributed by atoms with Gasteiger partial charge in [-0.05, 0) is 25.3 Å². The molecule has 2 fully saturated rings. The number of ether oxygens (including phenoxy) is 1. The van der Waals surface area contributed by atoms with Crippen LogP contribution in [0.4, 0.5) is 4.79 Å². The number of urea groups is 1. The number of nitrogens with one attached hydrogen (secondary N) is 2. The maximum Gasteiger partial charge on any atom is 0.321 e. The predicted molar refractivity (Wildman–Crippen MR) is 105 cm³/mol. The van der Waals surface area contributed by atoms with E-state index in [0.29, 0.717) is 0 Å². The summed E-state index contributed by atoms with van der Waals surface area (Å²) in [6, 6.07) is 8.95. The van der Waals surface area contributed by atoms with Crippen molar-refractivity contribution in [3.8, 4) is 0 Å². The summed E-state index contributed by atoms with van der Waals surface area (Å²) in [5.41, 5.74) is 0.988. The normalized spacial score (nSPS) is 20.4. The quantitative estimate of drug-likeness (QED) is 0.709. The minimum Gasteiger partial charge on any atom is -0.455 e. The van der Waals surface area contributed by atoms with Gasteiger partial charge in [-0.2, -0.15) is 0 Å². The molecule has 29 heavy (non-hydrogen) atoms. The van der Waals surface area contributed by atoms with Crippen molar-refractivity contribution >= 4 is 23.8 Å². The van der Waals surface area contributed by atoms with E-state index in [1.165, 1.54) is 0 Å². The number of hydrogen-bond donors (Lipinski definition) is 2. The number of nitrogens with zero attached hydrogens (tertiary/aromatic N) is 1. The fourth-order valence-electron chi connectivity index (χ4n) is 3.88. The van der Waals surface area contributed by atoms with E-state index in [0.717, 1.165) is 31.2 Å². The third kappa shape index (κ3) is 5.56. The number of rotatable bonds is 6. The first-order chi connectivity index (χ1) is 13.9. The Labute approximate surface area is 170 Å². The van der Waals surface area contributed by atoms with Gasteiger partial charge in [0, 0.05) is 19.0 Å². The van der Waals surface area contributed by atoms with Crippen molar-refractivity contribution in [3.63, 3.8) is 0 Å². The van der Waals surface area contributed by atoms with Gasteiger partial charge in [-0.15, -0.1) is 0 Å². The van der Waals surface area contributed by atoms with Crippen LogP contribution in [0.3, 0.4) is 0 Å². The van der Waals surface area contributed by atoms with Crippen molar-refractivity contribution in [2.75, 3.05) is 13.2 Å². The number of carbonyl (C=O) groups is 4. The van der Waals surface area contributed by atoms with E-state index >= 15 is 0 Å². The Hall–Kier alpha value is -2.90. The Morgan fingerprint density at radius 1 is 1.17 bits per heavy atom. The third-order valence-corrected chi connectivity index (χ3v) is 5.53. The second-order valence-corrected chi connectivity index (χ2v) is 7.64. The van der Waals surface area contributed by atoms with Gasteiger partial charge >= 0.3 is 12.0 Å². The molecule has 2 N–H and O–H groups in total. The molecule has 0 aromatic heterocycles. The minimum absolute atomic E-state index is 0.0553. The van der Waals surface area contributed by atoms with E-state index in [2.05, 4.69) is 10.6 Å². The van der Waals surface area contributed by atoms with Crippen LogP contribution in [0.5, 0.6) is 0 Å². The summed E-state index contributed by atoms with van der Waals surface area (Å²) in [4.78, 5) is 49.9. The first-order valence-corrected chi connectivity index (χ1v) is 10.1. The standard InChI is InChI=1S/C21H27N3O5/c1-14(15-7-3-2-4-8-15)24-12-16(11-19(24)26)20(27)29-13-18(25)23-21(28)22-17-9-5-6-10-17/h2-4,7-8,14,16-17H,5-6,9-13H2,1H3,(H2,22,23,25,28)/t14-,16-/m0/s1. The monoisotopic (exact) mass is 401 g/mol. The lowest BCUT2D eigenvalue weighted by molar-refractivity contribution is -0.152. The highest BCUT2D eigenvalue weighted by atomic mass is 16.5. The average molecular weight is 401 g/mol. The van der Waals surface area contributed by atoms with Crippen molar-refractivity contribution in [2.45, 2.75) is 51.1 Å². The van der Waals surface area contributed by atoms with Gasteiger partial charge in [-0.1, -0.05) is 43.2 Å².